The fraction of sp³-hybridized carbons (Fsp3) is 0.455. The predicted molar refractivity (Wildman–Crippen MR) is 109 cm³/mol. The Hall–Kier alpha value is -2.60. The van der Waals surface area contributed by atoms with Crippen molar-refractivity contribution in [3.63, 3.8) is 0 Å². The molecule has 1 aliphatic heterocycles. The quantitative estimate of drug-likeness (QED) is 0.878. The molecule has 6 heteroatoms. The molecular formula is C22H27N3O3. The summed E-state index contributed by atoms with van der Waals surface area (Å²) in [5.41, 5.74) is 3.16. The first kappa shape index (κ1) is 18.7. The van der Waals surface area contributed by atoms with Gasteiger partial charge in [-0.1, -0.05) is 6.92 Å². The van der Waals surface area contributed by atoms with Crippen LogP contribution in [0.15, 0.2) is 28.7 Å². The molecule has 1 fully saturated rings. The molecule has 0 unspecified atom stereocenters. The number of rotatable bonds is 4. The number of ketones is 1. The number of furan rings is 1. The van der Waals surface area contributed by atoms with Gasteiger partial charge in [0.1, 0.15) is 5.76 Å². The van der Waals surface area contributed by atoms with E-state index in [0.717, 1.165) is 51.3 Å². The maximum absolute atomic E-state index is 12.7. The van der Waals surface area contributed by atoms with Crippen LogP contribution in [0.3, 0.4) is 0 Å². The molecular weight excluding hydrogens is 354 g/mol. The number of carbonyl (C=O) groups excluding carboxylic acids is 2. The van der Waals surface area contributed by atoms with Gasteiger partial charge in [0.25, 0.3) is 5.91 Å². The van der Waals surface area contributed by atoms with Crippen LogP contribution in [0.5, 0.6) is 0 Å². The van der Waals surface area contributed by atoms with E-state index in [2.05, 4.69) is 22.0 Å². The molecule has 1 aromatic carbocycles. The highest BCUT2D eigenvalue weighted by Crippen LogP contribution is 2.30. The Morgan fingerprint density at radius 3 is 2.46 bits per heavy atom. The number of hydrogen-bond acceptors (Lipinski definition) is 5. The van der Waals surface area contributed by atoms with Gasteiger partial charge in [-0.3, -0.25) is 9.59 Å². The SMILES string of the molecule is CCN1CCN(c2ccc(NC(=O)c3oc4c(c3C)C(=O)CCC4)cc2)CC1. The Morgan fingerprint density at radius 1 is 1.11 bits per heavy atom. The van der Waals surface area contributed by atoms with Gasteiger partial charge in [-0.05, 0) is 44.2 Å². The highest BCUT2D eigenvalue weighted by atomic mass is 16.4. The number of likely N-dealkylation sites (N-methyl/N-ethyl adjacent to an activating group) is 1. The largest absolute Gasteiger partial charge is 0.455 e. The van der Waals surface area contributed by atoms with Gasteiger partial charge in [-0.25, -0.2) is 0 Å². The monoisotopic (exact) mass is 381 g/mol. The number of nitrogens with zero attached hydrogens (tertiary/aromatic N) is 2. The summed E-state index contributed by atoms with van der Waals surface area (Å²) in [4.78, 5) is 29.6. The van der Waals surface area contributed by atoms with E-state index in [1.807, 2.05) is 24.3 Å². The van der Waals surface area contributed by atoms with Crippen LogP contribution in [0.25, 0.3) is 0 Å². The van der Waals surface area contributed by atoms with E-state index in [0.29, 0.717) is 23.3 Å². The molecule has 4 rings (SSSR count). The zero-order valence-corrected chi connectivity index (χ0v) is 16.6. The lowest BCUT2D eigenvalue weighted by atomic mass is 9.94. The molecule has 0 bridgehead atoms. The molecule has 2 heterocycles. The zero-order valence-electron chi connectivity index (χ0n) is 16.6. The number of fused-ring (bicyclic) bond motifs is 1. The van der Waals surface area contributed by atoms with Gasteiger partial charge in [0.05, 0.1) is 5.56 Å². The van der Waals surface area contributed by atoms with Crippen molar-refractivity contribution in [1.82, 2.24) is 4.90 Å². The number of carbonyl (C=O) groups is 2. The van der Waals surface area contributed by atoms with Crippen molar-refractivity contribution in [1.29, 1.82) is 0 Å². The standard InChI is InChI=1S/C22H27N3O3/c1-3-24-11-13-25(14-12-24)17-9-7-16(8-10-17)23-22(27)21-15(2)20-18(26)5-4-6-19(20)28-21/h7-10H,3-6,11-14H2,1-2H3,(H,23,27). The van der Waals surface area contributed by atoms with Gasteiger partial charge in [0, 0.05) is 56.0 Å². The number of nitrogens with one attached hydrogen (secondary N) is 1. The molecule has 6 nitrogen and oxygen atoms in total. The van der Waals surface area contributed by atoms with Crippen LogP contribution in [0.2, 0.25) is 0 Å². The Morgan fingerprint density at radius 2 is 1.82 bits per heavy atom. The zero-order chi connectivity index (χ0) is 19.7. The van der Waals surface area contributed by atoms with Crippen LogP contribution in [0, 0.1) is 6.92 Å². The predicted octanol–water partition coefficient (Wildman–Crippen LogP) is 3.50. The second-order valence-electron chi connectivity index (χ2n) is 7.55. The smallest absolute Gasteiger partial charge is 0.291 e. The van der Waals surface area contributed by atoms with E-state index in [-0.39, 0.29) is 17.5 Å². The second-order valence-corrected chi connectivity index (χ2v) is 7.55. The molecule has 2 aromatic rings. The van der Waals surface area contributed by atoms with Crippen molar-refractivity contribution >= 4 is 23.1 Å². The first-order valence-electron chi connectivity index (χ1n) is 10.1. The van der Waals surface area contributed by atoms with Gasteiger partial charge in [-0.2, -0.15) is 0 Å². The molecule has 1 aliphatic carbocycles. The van der Waals surface area contributed by atoms with Crippen molar-refractivity contribution in [2.24, 2.45) is 0 Å². The van der Waals surface area contributed by atoms with Crippen LogP contribution < -0.4 is 10.2 Å². The van der Waals surface area contributed by atoms with Crippen LogP contribution in [-0.4, -0.2) is 49.3 Å². The molecule has 0 spiro atoms. The van der Waals surface area contributed by atoms with Crippen LogP contribution in [0.4, 0.5) is 11.4 Å². The van der Waals surface area contributed by atoms with Crippen LogP contribution in [0.1, 0.15) is 52.0 Å². The maximum Gasteiger partial charge on any atom is 0.291 e. The number of Topliss-reactive ketones (excluding diaryl/α,β-unsaturated/α-hetero) is 1. The number of aryl methyl sites for hydroxylation is 1. The highest BCUT2D eigenvalue weighted by molar-refractivity contribution is 6.07. The first-order chi connectivity index (χ1) is 13.6. The maximum atomic E-state index is 12.7. The molecule has 0 saturated carbocycles. The van der Waals surface area contributed by atoms with E-state index >= 15 is 0 Å². The highest BCUT2D eigenvalue weighted by Gasteiger charge is 2.28. The molecule has 1 saturated heterocycles. The number of amides is 1. The summed E-state index contributed by atoms with van der Waals surface area (Å²) in [5.74, 6) is 0.679. The van der Waals surface area contributed by atoms with Crippen molar-refractivity contribution in [2.45, 2.75) is 33.1 Å². The number of hydrogen-bond donors (Lipinski definition) is 1. The summed E-state index contributed by atoms with van der Waals surface area (Å²) in [6.07, 6.45) is 2.03. The molecule has 1 aromatic heterocycles. The summed E-state index contributed by atoms with van der Waals surface area (Å²) >= 11 is 0. The van der Waals surface area contributed by atoms with E-state index in [1.54, 1.807) is 6.92 Å². The summed E-state index contributed by atoms with van der Waals surface area (Å²) in [6.45, 7) is 9.28. The average molecular weight is 381 g/mol. The molecule has 2 aliphatic rings. The molecule has 148 valence electrons. The Balaban J connectivity index is 1.44. The van der Waals surface area contributed by atoms with Gasteiger partial charge >= 0.3 is 0 Å². The summed E-state index contributed by atoms with van der Waals surface area (Å²) in [7, 11) is 0. The number of benzene rings is 1. The summed E-state index contributed by atoms with van der Waals surface area (Å²) in [6, 6.07) is 7.92. The fourth-order valence-electron chi connectivity index (χ4n) is 4.13. The minimum atomic E-state index is -0.302. The van der Waals surface area contributed by atoms with Crippen molar-refractivity contribution in [3.05, 3.63) is 46.9 Å². The topological polar surface area (TPSA) is 65.8 Å². The average Bonchev–Trinajstić information content (AvgIpc) is 3.07. The molecule has 1 amide bonds. The molecule has 0 radical (unpaired) electrons. The lowest BCUT2D eigenvalue weighted by molar-refractivity contribution is 0.0963. The fourth-order valence-corrected chi connectivity index (χ4v) is 4.13. The lowest BCUT2D eigenvalue weighted by Gasteiger charge is -2.35. The third-order valence-corrected chi connectivity index (χ3v) is 5.82. The van der Waals surface area contributed by atoms with E-state index in [1.165, 1.54) is 5.69 Å². The molecule has 0 atom stereocenters. The van der Waals surface area contributed by atoms with Crippen molar-refractivity contribution in [2.75, 3.05) is 42.9 Å². The minimum absolute atomic E-state index is 0.0778. The van der Waals surface area contributed by atoms with Gasteiger partial charge < -0.3 is 19.5 Å². The molecule has 28 heavy (non-hydrogen) atoms. The summed E-state index contributed by atoms with van der Waals surface area (Å²) < 4.78 is 5.74. The van der Waals surface area contributed by atoms with Gasteiger partial charge in [0.15, 0.2) is 11.5 Å². The summed E-state index contributed by atoms with van der Waals surface area (Å²) in [5, 5.41) is 2.90. The Labute approximate surface area is 165 Å². The second kappa shape index (κ2) is 7.80. The van der Waals surface area contributed by atoms with Crippen LogP contribution >= 0.6 is 0 Å². The van der Waals surface area contributed by atoms with Gasteiger partial charge in [0.2, 0.25) is 0 Å². The number of anilines is 2. The minimum Gasteiger partial charge on any atom is -0.455 e. The van der Waals surface area contributed by atoms with Crippen molar-refractivity contribution < 1.29 is 14.0 Å². The lowest BCUT2D eigenvalue weighted by Crippen LogP contribution is -2.46. The van der Waals surface area contributed by atoms with E-state index in [4.69, 9.17) is 4.42 Å². The third-order valence-electron chi connectivity index (χ3n) is 5.82. The number of piperazine rings is 1. The first-order valence-corrected chi connectivity index (χ1v) is 10.1. The van der Waals surface area contributed by atoms with E-state index < -0.39 is 0 Å². The molecule has 1 N–H and O–H groups in total. The van der Waals surface area contributed by atoms with Crippen molar-refractivity contribution in [3.8, 4) is 0 Å². The Kier molecular flexibility index (Phi) is 5.22. The van der Waals surface area contributed by atoms with Crippen LogP contribution in [-0.2, 0) is 6.42 Å². The Bertz CT molecular complexity index is 877. The van der Waals surface area contributed by atoms with E-state index in [9.17, 15) is 9.59 Å². The van der Waals surface area contributed by atoms with Gasteiger partial charge in [-0.15, -0.1) is 0 Å². The third kappa shape index (κ3) is 3.56. The normalized spacial score (nSPS) is 17.5.